The molecule has 0 atom stereocenters. The first kappa shape index (κ1) is 33.4. The summed E-state index contributed by atoms with van der Waals surface area (Å²) in [7, 11) is -0.626. The predicted octanol–water partition coefficient (Wildman–Crippen LogP) is 1.19. The molecule has 182 valence electrons. The topological polar surface area (TPSA) is 0 Å². The molecule has 4 rings (SSSR count). The van der Waals surface area contributed by atoms with E-state index in [0.717, 1.165) is 0 Å². The van der Waals surface area contributed by atoms with Crippen LogP contribution in [-0.4, -0.2) is 21.8 Å². The third-order valence-corrected chi connectivity index (χ3v) is 12.6. The number of benzene rings is 2. The predicted molar refractivity (Wildman–Crippen MR) is 148 cm³/mol. The molecule has 0 spiro atoms. The average Bonchev–Trinajstić information content (AvgIpc) is 3.34. The van der Waals surface area contributed by atoms with Crippen LogP contribution in [0.25, 0.3) is 21.5 Å². The van der Waals surface area contributed by atoms with Crippen molar-refractivity contribution in [1.29, 1.82) is 0 Å². The van der Waals surface area contributed by atoms with Gasteiger partial charge in [0.1, 0.15) is 0 Å². The zero-order valence-electron chi connectivity index (χ0n) is 21.6. The van der Waals surface area contributed by atoms with Gasteiger partial charge in [-0.15, -0.1) is 81.2 Å². The number of hydrogen-bond donors (Lipinski definition) is 0. The van der Waals surface area contributed by atoms with Gasteiger partial charge in [0.05, 0.1) is 0 Å². The van der Waals surface area contributed by atoms with Crippen LogP contribution in [0.15, 0.2) is 60.7 Å². The van der Waals surface area contributed by atoms with E-state index in [-0.39, 0.29) is 42.4 Å². The Morgan fingerprint density at radius 1 is 0.618 bits per heavy atom. The summed E-state index contributed by atoms with van der Waals surface area (Å²) in [5.41, 5.74) is 3.02. The van der Waals surface area contributed by atoms with Crippen molar-refractivity contribution in [2.45, 2.75) is 65.7 Å². The van der Waals surface area contributed by atoms with Gasteiger partial charge in [0.25, 0.3) is 0 Å². The summed E-state index contributed by atoms with van der Waals surface area (Å²) >= 11 is 1.30. The van der Waals surface area contributed by atoms with E-state index in [9.17, 15) is 0 Å². The number of rotatable bonds is 6. The fraction of sp³-hybridized carbons (Fsp3) is 0.345. The zero-order valence-corrected chi connectivity index (χ0v) is 27.5. The van der Waals surface area contributed by atoms with E-state index in [1.54, 1.807) is 10.4 Å². The Morgan fingerprint density at radius 3 is 1.21 bits per heavy atom. The van der Waals surface area contributed by atoms with Gasteiger partial charge in [0.2, 0.25) is 0 Å². The van der Waals surface area contributed by atoms with Crippen molar-refractivity contribution >= 4 is 53.7 Å². The van der Waals surface area contributed by atoms with Crippen molar-refractivity contribution in [2.75, 3.05) is 0 Å². The minimum Gasteiger partial charge on any atom is -1.00 e. The smallest absolute Gasteiger partial charge is 1.00 e. The molecule has 34 heavy (non-hydrogen) atoms. The van der Waals surface area contributed by atoms with Crippen molar-refractivity contribution in [1.82, 2.24) is 0 Å². The van der Waals surface area contributed by atoms with Crippen LogP contribution in [0, 0.1) is 13.8 Å². The van der Waals surface area contributed by atoms with E-state index in [0.29, 0.717) is 0 Å². The molecule has 0 fully saturated rings. The van der Waals surface area contributed by atoms with E-state index >= 15 is 0 Å². The molecule has 0 aliphatic rings. The summed E-state index contributed by atoms with van der Waals surface area (Å²) in [5, 5.41) is 9.23. The second-order valence-electron chi connectivity index (χ2n) is 8.20. The van der Waals surface area contributed by atoms with E-state index < -0.39 is 0 Å². The van der Waals surface area contributed by atoms with Crippen molar-refractivity contribution < 1.29 is 49.0 Å². The average molecular weight is 605 g/mol. The molecule has 4 aromatic rings. The first-order valence-corrected chi connectivity index (χ1v) is 17.5. The maximum absolute atomic E-state index is 3.34. The van der Waals surface area contributed by atoms with Crippen molar-refractivity contribution in [3.63, 3.8) is 0 Å². The van der Waals surface area contributed by atoms with Crippen molar-refractivity contribution in [3.05, 3.63) is 71.8 Å². The van der Waals surface area contributed by atoms with Gasteiger partial charge in [0, 0.05) is 17.6 Å². The SMILES string of the molecule is CC[Si](CC)c1c(C)[cH-]c2ccccc12.CC[Si](CC)c1c(C)[cH-]c2ccccc12.[CH2]=[Zr+2].[Cl-].[Cl-]. The second-order valence-corrected chi connectivity index (χ2v) is 14.4. The van der Waals surface area contributed by atoms with Crippen LogP contribution in [0.2, 0.25) is 24.2 Å². The van der Waals surface area contributed by atoms with Crippen LogP contribution >= 0.6 is 0 Å². The maximum Gasteiger partial charge on any atom is -1.00 e. The van der Waals surface area contributed by atoms with Gasteiger partial charge in [-0.2, -0.15) is 10.4 Å². The molecule has 2 radical (unpaired) electrons. The molecule has 5 heteroatoms. The second kappa shape index (κ2) is 17.0. The number of halogens is 2. The Labute approximate surface area is 238 Å². The summed E-state index contributed by atoms with van der Waals surface area (Å²) in [4.78, 5) is 0. The van der Waals surface area contributed by atoms with Gasteiger partial charge >= 0.3 is 28.4 Å². The standard InChI is InChI=1S/2C14H18Si.CH2.2ClH.Zr/c2*1-4-15(5-2)14-11(3)10-12-8-6-7-9-13(12)14;;;;/h2*6-10H,4-5H2,1-3H3;1H2;2*1H;/q2*-1;;;;+2/p-2. The summed E-state index contributed by atoms with van der Waals surface area (Å²) in [6.07, 6.45) is 0. The summed E-state index contributed by atoms with van der Waals surface area (Å²) < 4.78 is 3.34. The van der Waals surface area contributed by atoms with Crippen molar-refractivity contribution in [3.8, 4) is 0 Å². The van der Waals surface area contributed by atoms with Gasteiger partial charge in [-0.25, -0.2) is 0 Å². The molecule has 0 unspecified atom stereocenters. The van der Waals surface area contributed by atoms with E-state index in [4.69, 9.17) is 0 Å². The van der Waals surface area contributed by atoms with Gasteiger partial charge < -0.3 is 24.8 Å². The van der Waals surface area contributed by atoms with Crippen LogP contribution in [0.4, 0.5) is 0 Å². The normalized spacial score (nSPS) is 10.3. The van der Waals surface area contributed by atoms with Crippen LogP contribution in [0.1, 0.15) is 38.8 Å². The quantitative estimate of drug-likeness (QED) is 0.229. The molecule has 0 bridgehead atoms. The van der Waals surface area contributed by atoms with Gasteiger partial charge in [0.15, 0.2) is 0 Å². The van der Waals surface area contributed by atoms with E-state index in [1.807, 2.05) is 0 Å². The number of aryl methyl sites for hydroxylation is 2. The largest absolute Gasteiger partial charge is 1.00 e. The Kier molecular flexibility index (Phi) is 16.7. The van der Waals surface area contributed by atoms with Crippen LogP contribution in [0.5, 0.6) is 0 Å². The van der Waals surface area contributed by atoms with E-state index in [1.165, 1.54) is 81.1 Å². The zero-order chi connectivity index (χ0) is 23.7. The third kappa shape index (κ3) is 7.71. The Bertz CT molecular complexity index is 1020. The molecule has 0 amide bonds. The Morgan fingerprint density at radius 2 is 0.912 bits per heavy atom. The monoisotopic (exact) mass is 602 g/mol. The molecular weight excluding hydrogens is 567 g/mol. The maximum atomic E-state index is 3.34. The first-order chi connectivity index (χ1) is 15.5. The van der Waals surface area contributed by atoms with Gasteiger partial charge in [-0.3, -0.25) is 0 Å². The molecule has 0 aliphatic heterocycles. The first-order valence-electron chi connectivity index (χ1n) is 11.9. The molecule has 0 aromatic heterocycles. The third-order valence-electron chi connectivity index (χ3n) is 6.41. The fourth-order valence-corrected chi connectivity index (χ4v) is 9.77. The molecule has 0 N–H and O–H groups in total. The summed E-state index contributed by atoms with van der Waals surface area (Å²) in [6, 6.07) is 27.7. The molecule has 0 saturated carbocycles. The summed E-state index contributed by atoms with van der Waals surface area (Å²) in [6.45, 7) is 13.9. The fourth-order valence-electron chi connectivity index (χ4n) is 4.88. The molecular formula is C29H38Cl2Si2Zr-2. The van der Waals surface area contributed by atoms with Crippen LogP contribution in [-0.2, 0) is 24.2 Å². The minimum absolute atomic E-state index is 0. The minimum atomic E-state index is -0.313. The van der Waals surface area contributed by atoms with Crippen LogP contribution in [0.3, 0.4) is 0 Å². The molecule has 0 heterocycles. The Balaban J connectivity index is 0.000000566. The van der Waals surface area contributed by atoms with Gasteiger partial charge in [-0.05, 0) is 0 Å². The number of hydrogen-bond acceptors (Lipinski definition) is 0. The molecule has 0 saturated heterocycles. The summed E-state index contributed by atoms with van der Waals surface area (Å²) in [5.74, 6) is 0. The van der Waals surface area contributed by atoms with Crippen molar-refractivity contribution in [2.24, 2.45) is 0 Å². The van der Waals surface area contributed by atoms with Gasteiger partial charge in [-0.1, -0.05) is 77.9 Å². The molecule has 0 nitrogen and oxygen atoms in total. The van der Waals surface area contributed by atoms with Crippen LogP contribution < -0.4 is 35.2 Å². The Hall–Kier alpha value is -0.573. The molecule has 4 aromatic carbocycles. The number of fused-ring (bicyclic) bond motifs is 2. The van der Waals surface area contributed by atoms with E-state index in [2.05, 4.69) is 106 Å². The molecule has 0 aliphatic carbocycles.